The van der Waals surface area contributed by atoms with Crippen LogP contribution in [0.2, 0.25) is 0 Å². The van der Waals surface area contributed by atoms with Gasteiger partial charge >= 0.3 is 0 Å². The first kappa shape index (κ1) is 18.6. The third-order valence-corrected chi connectivity index (χ3v) is 6.93. The van der Waals surface area contributed by atoms with Gasteiger partial charge in [-0.25, -0.2) is 14.5 Å². The molecule has 156 valence electrons. The highest BCUT2D eigenvalue weighted by Crippen LogP contribution is 2.50. The Morgan fingerprint density at radius 2 is 1.90 bits per heavy atom. The van der Waals surface area contributed by atoms with E-state index in [4.69, 9.17) is 19.8 Å². The highest BCUT2D eigenvalue weighted by atomic mass is 16.5. The van der Waals surface area contributed by atoms with Crippen molar-refractivity contribution in [3.8, 4) is 28.4 Å². The van der Waals surface area contributed by atoms with E-state index < -0.39 is 0 Å². The van der Waals surface area contributed by atoms with Crippen LogP contribution in [0.15, 0.2) is 54.9 Å². The molecule has 0 aliphatic heterocycles. The van der Waals surface area contributed by atoms with Crippen LogP contribution in [-0.2, 0) is 11.8 Å². The normalized spacial score (nSPS) is 16.8. The van der Waals surface area contributed by atoms with E-state index in [-0.39, 0.29) is 5.41 Å². The second-order valence-electron chi connectivity index (χ2n) is 8.81. The predicted octanol–water partition coefficient (Wildman–Crippen LogP) is 5.62. The number of ether oxygens (including phenoxy) is 1. The van der Waals surface area contributed by atoms with Crippen LogP contribution in [0.1, 0.15) is 50.2 Å². The lowest BCUT2D eigenvalue weighted by molar-refractivity contribution is 0.288. The summed E-state index contributed by atoms with van der Waals surface area (Å²) in [4.78, 5) is 10.0. The summed E-state index contributed by atoms with van der Waals surface area (Å²) < 4.78 is 7.57. The van der Waals surface area contributed by atoms with Gasteiger partial charge in [-0.1, -0.05) is 55.7 Å². The Bertz CT molecular complexity index is 1270. The van der Waals surface area contributed by atoms with Crippen molar-refractivity contribution in [2.75, 3.05) is 6.61 Å². The molecule has 0 amide bonds. The van der Waals surface area contributed by atoms with Gasteiger partial charge in [-0.3, -0.25) is 0 Å². The third-order valence-electron chi connectivity index (χ3n) is 6.93. The van der Waals surface area contributed by atoms with Gasteiger partial charge in [-0.05, 0) is 43.9 Å². The lowest BCUT2D eigenvalue weighted by Gasteiger charge is -2.42. The molecular formula is C26H26N4O. The second kappa shape index (κ2) is 7.19. The van der Waals surface area contributed by atoms with Crippen molar-refractivity contribution in [1.29, 1.82) is 0 Å². The van der Waals surface area contributed by atoms with Crippen LogP contribution in [0.5, 0.6) is 5.75 Å². The SMILES string of the molecule is CCOc1cccc(-c2nc3c4c(ncn3n2)-c2ccccc2CC42CCCCC2)c1. The lowest BCUT2D eigenvalue weighted by Crippen LogP contribution is -2.36. The Hall–Kier alpha value is -3.21. The minimum absolute atomic E-state index is 0.106. The predicted molar refractivity (Wildman–Crippen MR) is 121 cm³/mol. The van der Waals surface area contributed by atoms with Gasteiger partial charge in [0.1, 0.15) is 12.1 Å². The van der Waals surface area contributed by atoms with Crippen molar-refractivity contribution in [2.45, 2.75) is 50.9 Å². The summed E-state index contributed by atoms with van der Waals surface area (Å²) in [6.07, 6.45) is 9.13. The van der Waals surface area contributed by atoms with E-state index in [1.807, 2.05) is 42.0 Å². The van der Waals surface area contributed by atoms with Crippen molar-refractivity contribution in [2.24, 2.45) is 0 Å². The number of nitrogens with zero attached hydrogens (tertiary/aromatic N) is 4. The van der Waals surface area contributed by atoms with E-state index in [9.17, 15) is 0 Å². The summed E-state index contributed by atoms with van der Waals surface area (Å²) in [5, 5.41) is 4.81. The van der Waals surface area contributed by atoms with Crippen LogP contribution in [-0.4, -0.2) is 26.2 Å². The molecule has 5 heteroatoms. The van der Waals surface area contributed by atoms with Crippen molar-refractivity contribution >= 4 is 5.65 Å². The molecule has 1 spiro atoms. The molecule has 2 aromatic carbocycles. The highest BCUT2D eigenvalue weighted by Gasteiger charge is 2.42. The molecule has 2 aliphatic rings. The molecular weight excluding hydrogens is 384 g/mol. The molecule has 0 bridgehead atoms. The van der Waals surface area contributed by atoms with Gasteiger partial charge < -0.3 is 4.74 Å². The van der Waals surface area contributed by atoms with Gasteiger partial charge in [0, 0.05) is 22.1 Å². The molecule has 4 aromatic rings. The first-order valence-corrected chi connectivity index (χ1v) is 11.3. The molecule has 2 aliphatic carbocycles. The topological polar surface area (TPSA) is 52.3 Å². The molecule has 0 radical (unpaired) electrons. The minimum atomic E-state index is 0.106. The van der Waals surface area contributed by atoms with Crippen LogP contribution < -0.4 is 4.74 Å². The van der Waals surface area contributed by atoms with Crippen LogP contribution in [0, 0.1) is 0 Å². The van der Waals surface area contributed by atoms with Crippen LogP contribution >= 0.6 is 0 Å². The summed E-state index contributed by atoms with van der Waals surface area (Å²) >= 11 is 0. The summed E-state index contributed by atoms with van der Waals surface area (Å²) in [6.45, 7) is 2.64. The zero-order valence-corrected chi connectivity index (χ0v) is 17.8. The van der Waals surface area contributed by atoms with E-state index in [0.717, 1.165) is 34.9 Å². The van der Waals surface area contributed by atoms with Crippen LogP contribution in [0.3, 0.4) is 0 Å². The Kier molecular flexibility index (Phi) is 4.30. The fourth-order valence-corrected chi connectivity index (χ4v) is 5.58. The summed E-state index contributed by atoms with van der Waals surface area (Å²) in [7, 11) is 0. The molecule has 0 unspecified atom stereocenters. The minimum Gasteiger partial charge on any atom is -0.494 e. The fourth-order valence-electron chi connectivity index (χ4n) is 5.58. The molecule has 1 fully saturated rings. The van der Waals surface area contributed by atoms with Gasteiger partial charge in [0.05, 0.1) is 12.3 Å². The monoisotopic (exact) mass is 410 g/mol. The number of aromatic nitrogens is 4. The van der Waals surface area contributed by atoms with E-state index in [1.54, 1.807) is 0 Å². The molecule has 0 saturated heterocycles. The van der Waals surface area contributed by atoms with E-state index in [1.165, 1.54) is 48.8 Å². The maximum Gasteiger partial charge on any atom is 0.182 e. The zero-order chi connectivity index (χ0) is 20.8. The Morgan fingerprint density at radius 1 is 1.03 bits per heavy atom. The van der Waals surface area contributed by atoms with Gasteiger partial charge in [-0.15, -0.1) is 5.10 Å². The molecule has 0 N–H and O–H groups in total. The molecule has 0 atom stereocenters. The molecule has 6 rings (SSSR count). The smallest absolute Gasteiger partial charge is 0.182 e. The van der Waals surface area contributed by atoms with Gasteiger partial charge in [-0.2, -0.15) is 0 Å². The third kappa shape index (κ3) is 2.94. The van der Waals surface area contributed by atoms with E-state index >= 15 is 0 Å². The van der Waals surface area contributed by atoms with E-state index in [2.05, 4.69) is 24.3 Å². The number of fused-ring (bicyclic) bond motifs is 6. The summed E-state index contributed by atoms with van der Waals surface area (Å²) in [6, 6.07) is 16.8. The summed E-state index contributed by atoms with van der Waals surface area (Å²) in [5.41, 5.74) is 7.09. The van der Waals surface area contributed by atoms with Gasteiger partial charge in [0.2, 0.25) is 0 Å². The maximum atomic E-state index is 5.69. The van der Waals surface area contributed by atoms with Crippen molar-refractivity contribution in [3.63, 3.8) is 0 Å². The standard InChI is InChI=1S/C26H26N4O/c1-2-31-20-11-8-10-18(15-20)24-28-25-22-23(27-17-30(25)29-24)21-12-5-4-9-19(21)16-26(22)13-6-3-7-14-26/h4-5,8-12,15,17H,2-3,6-7,13-14,16H2,1H3. The Labute approximate surface area is 182 Å². The second-order valence-corrected chi connectivity index (χ2v) is 8.81. The molecule has 2 heterocycles. The number of hydrogen-bond acceptors (Lipinski definition) is 4. The number of hydrogen-bond donors (Lipinski definition) is 0. The van der Waals surface area contributed by atoms with Crippen LogP contribution in [0.25, 0.3) is 28.3 Å². The lowest BCUT2D eigenvalue weighted by atomic mass is 9.62. The molecule has 31 heavy (non-hydrogen) atoms. The first-order chi connectivity index (χ1) is 15.3. The first-order valence-electron chi connectivity index (χ1n) is 11.3. The number of benzene rings is 2. The van der Waals surface area contributed by atoms with Crippen molar-refractivity contribution < 1.29 is 4.74 Å². The zero-order valence-electron chi connectivity index (χ0n) is 17.8. The molecule has 1 saturated carbocycles. The van der Waals surface area contributed by atoms with E-state index in [0.29, 0.717) is 6.61 Å². The quantitative estimate of drug-likeness (QED) is 0.440. The average Bonchev–Trinajstić information content (AvgIpc) is 3.24. The molecule has 2 aromatic heterocycles. The maximum absolute atomic E-state index is 5.69. The van der Waals surface area contributed by atoms with Crippen molar-refractivity contribution in [3.05, 3.63) is 66.0 Å². The van der Waals surface area contributed by atoms with Gasteiger partial charge in [0.15, 0.2) is 11.5 Å². The average molecular weight is 411 g/mol. The van der Waals surface area contributed by atoms with Crippen molar-refractivity contribution in [1.82, 2.24) is 19.6 Å². The highest BCUT2D eigenvalue weighted by molar-refractivity contribution is 5.78. The Morgan fingerprint density at radius 3 is 2.77 bits per heavy atom. The molecule has 5 nitrogen and oxygen atoms in total. The fraction of sp³-hybridized carbons (Fsp3) is 0.346. The van der Waals surface area contributed by atoms with Gasteiger partial charge in [0.25, 0.3) is 0 Å². The van der Waals surface area contributed by atoms with Crippen LogP contribution in [0.4, 0.5) is 0 Å². The largest absolute Gasteiger partial charge is 0.494 e. The Balaban J connectivity index is 1.57. The number of rotatable bonds is 3. The summed E-state index contributed by atoms with van der Waals surface area (Å²) in [5.74, 6) is 1.57.